The number of hydrazine groups is 1. The number of rotatable bonds is 5. The van der Waals surface area contributed by atoms with Crippen LogP contribution in [-0.2, 0) is 11.3 Å². The number of nitrogens with zero attached hydrogens (tertiary/aromatic N) is 2. The SMILES string of the molecule is CC(C)CC(=O)N1Cc2ccccc2/C(N)=C(/N(N)CC(C)C)c2ccccc21. The monoisotopic (exact) mass is 392 g/mol. The van der Waals surface area contributed by atoms with Crippen molar-refractivity contribution >= 4 is 23.0 Å². The summed E-state index contributed by atoms with van der Waals surface area (Å²) in [5.74, 6) is 7.28. The van der Waals surface area contributed by atoms with Crippen LogP contribution in [0.25, 0.3) is 11.4 Å². The lowest BCUT2D eigenvalue weighted by Gasteiger charge is -2.34. The van der Waals surface area contributed by atoms with E-state index in [4.69, 9.17) is 11.6 Å². The first kappa shape index (κ1) is 20.9. The minimum atomic E-state index is 0.106. The second-order valence-corrected chi connectivity index (χ2v) is 8.56. The second-order valence-electron chi connectivity index (χ2n) is 8.56. The van der Waals surface area contributed by atoms with E-state index in [0.717, 1.165) is 28.1 Å². The van der Waals surface area contributed by atoms with Crippen LogP contribution in [-0.4, -0.2) is 17.5 Å². The molecule has 5 nitrogen and oxygen atoms in total. The van der Waals surface area contributed by atoms with Crippen molar-refractivity contribution in [2.24, 2.45) is 23.4 Å². The third-order valence-corrected chi connectivity index (χ3v) is 5.07. The number of para-hydroxylation sites is 1. The van der Waals surface area contributed by atoms with Crippen LogP contribution < -0.4 is 16.5 Å². The highest BCUT2D eigenvalue weighted by Crippen LogP contribution is 2.37. The maximum Gasteiger partial charge on any atom is 0.227 e. The molecule has 4 N–H and O–H groups in total. The molecule has 0 fully saturated rings. The summed E-state index contributed by atoms with van der Waals surface area (Å²) >= 11 is 0. The number of benzene rings is 2. The van der Waals surface area contributed by atoms with Crippen LogP contribution in [0.3, 0.4) is 0 Å². The molecule has 2 aromatic rings. The van der Waals surface area contributed by atoms with Crippen molar-refractivity contribution in [3.63, 3.8) is 0 Å². The van der Waals surface area contributed by atoms with E-state index in [1.165, 1.54) is 0 Å². The lowest BCUT2D eigenvalue weighted by molar-refractivity contribution is -0.119. The summed E-state index contributed by atoms with van der Waals surface area (Å²) in [5, 5.41) is 1.73. The quantitative estimate of drug-likeness (QED) is 0.591. The number of hydrogen-bond donors (Lipinski definition) is 2. The molecule has 154 valence electrons. The van der Waals surface area contributed by atoms with Gasteiger partial charge in [-0.2, -0.15) is 0 Å². The predicted octanol–water partition coefficient (Wildman–Crippen LogP) is 4.20. The first-order chi connectivity index (χ1) is 13.8. The predicted molar refractivity (Wildman–Crippen MR) is 120 cm³/mol. The van der Waals surface area contributed by atoms with Gasteiger partial charge in [-0.1, -0.05) is 70.2 Å². The van der Waals surface area contributed by atoms with Crippen molar-refractivity contribution in [3.8, 4) is 0 Å². The summed E-state index contributed by atoms with van der Waals surface area (Å²) in [4.78, 5) is 15.1. The number of hydrogen-bond acceptors (Lipinski definition) is 4. The Morgan fingerprint density at radius 2 is 1.62 bits per heavy atom. The number of carbonyl (C=O) groups is 1. The molecule has 2 aromatic carbocycles. The van der Waals surface area contributed by atoms with E-state index in [2.05, 4.69) is 27.7 Å². The van der Waals surface area contributed by atoms with Crippen LogP contribution in [0.2, 0.25) is 0 Å². The maximum atomic E-state index is 13.2. The van der Waals surface area contributed by atoms with Crippen LogP contribution in [0.1, 0.15) is 50.8 Å². The standard InChI is InChI=1S/C24H32N4O/c1-16(2)13-22(29)27-15-18-9-5-6-10-19(18)23(25)24(28(26)14-17(3)4)20-11-7-8-12-21(20)27/h5-12,16-17H,13-15,25-26H2,1-4H3/b24-23-. The molecule has 1 aliphatic heterocycles. The Balaban J connectivity index is 2.26. The van der Waals surface area contributed by atoms with Gasteiger partial charge in [0.25, 0.3) is 0 Å². The smallest absolute Gasteiger partial charge is 0.227 e. The molecule has 3 rings (SSSR count). The summed E-state index contributed by atoms with van der Waals surface area (Å²) in [6.07, 6.45) is 0.489. The zero-order valence-electron chi connectivity index (χ0n) is 17.9. The van der Waals surface area contributed by atoms with Crippen LogP contribution in [0.4, 0.5) is 5.69 Å². The average Bonchev–Trinajstić information content (AvgIpc) is 2.64. The Hall–Kier alpha value is -2.79. The minimum absolute atomic E-state index is 0.106. The van der Waals surface area contributed by atoms with Gasteiger partial charge in [-0.15, -0.1) is 0 Å². The topological polar surface area (TPSA) is 75.6 Å². The van der Waals surface area contributed by atoms with Gasteiger partial charge in [-0.25, -0.2) is 5.84 Å². The van der Waals surface area contributed by atoms with Crippen molar-refractivity contribution < 1.29 is 4.79 Å². The normalized spacial score (nSPS) is 16.3. The van der Waals surface area contributed by atoms with Gasteiger partial charge < -0.3 is 15.6 Å². The Bertz CT molecular complexity index is 917. The zero-order valence-corrected chi connectivity index (χ0v) is 17.9. The van der Waals surface area contributed by atoms with Crippen molar-refractivity contribution in [1.29, 1.82) is 0 Å². The van der Waals surface area contributed by atoms with Gasteiger partial charge in [-0.05, 0) is 23.5 Å². The molecule has 0 aliphatic carbocycles. The van der Waals surface area contributed by atoms with Gasteiger partial charge in [0.05, 0.1) is 23.6 Å². The van der Waals surface area contributed by atoms with E-state index in [9.17, 15) is 4.79 Å². The van der Waals surface area contributed by atoms with Crippen LogP contribution in [0.5, 0.6) is 0 Å². The second kappa shape index (κ2) is 8.70. The largest absolute Gasteiger partial charge is 0.396 e. The number of amides is 1. The van der Waals surface area contributed by atoms with Crippen LogP contribution in [0, 0.1) is 11.8 Å². The van der Waals surface area contributed by atoms with Crippen LogP contribution >= 0.6 is 0 Å². The minimum Gasteiger partial charge on any atom is -0.396 e. The molecule has 0 unspecified atom stereocenters. The third-order valence-electron chi connectivity index (χ3n) is 5.07. The number of anilines is 1. The van der Waals surface area contributed by atoms with E-state index in [1.807, 2.05) is 53.4 Å². The molecular weight excluding hydrogens is 360 g/mol. The molecule has 0 atom stereocenters. The van der Waals surface area contributed by atoms with Gasteiger partial charge in [0.15, 0.2) is 0 Å². The molecule has 1 aliphatic rings. The molecule has 0 saturated carbocycles. The average molecular weight is 393 g/mol. The first-order valence-electron chi connectivity index (χ1n) is 10.3. The summed E-state index contributed by atoms with van der Waals surface area (Å²) in [6, 6.07) is 15.9. The van der Waals surface area contributed by atoms with Crippen molar-refractivity contribution in [2.75, 3.05) is 11.4 Å². The Morgan fingerprint density at radius 3 is 2.28 bits per heavy atom. The van der Waals surface area contributed by atoms with Gasteiger partial charge in [0.1, 0.15) is 0 Å². The fraction of sp³-hybridized carbons (Fsp3) is 0.375. The van der Waals surface area contributed by atoms with Crippen molar-refractivity contribution in [3.05, 3.63) is 65.2 Å². The fourth-order valence-corrected chi connectivity index (χ4v) is 3.83. The Kier molecular flexibility index (Phi) is 6.28. The molecule has 0 bridgehead atoms. The Morgan fingerprint density at radius 1 is 1.00 bits per heavy atom. The number of fused-ring (bicyclic) bond motifs is 2. The molecule has 1 amide bonds. The lowest BCUT2D eigenvalue weighted by Crippen LogP contribution is -2.38. The highest BCUT2D eigenvalue weighted by Gasteiger charge is 2.28. The summed E-state index contributed by atoms with van der Waals surface area (Å²) in [5.41, 5.74) is 11.8. The summed E-state index contributed by atoms with van der Waals surface area (Å²) < 4.78 is 0. The van der Waals surface area contributed by atoms with E-state index >= 15 is 0 Å². The molecule has 1 heterocycles. The lowest BCUT2D eigenvalue weighted by atomic mass is 9.95. The Labute approximate surface area is 174 Å². The molecule has 0 spiro atoms. The highest BCUT2D eigenvalue weighted by molar-refractivity contribution is 6.01. The molecule has 0 saturated heterocycles. The van der Waals surface area contributed by atoms with Gasteiger partial charge in [0, 0.05) is 24.1 Å². The summed E-state index contributed by atoms with van der Waals surface area (Å²) in [7, 11) is 0. The number of nitrogens with two attached hydrogens (primary N) is 2. The third kappa shape index (κ3) is 4.46. The van der Waals surface area contributed by atoms with Gasteiger partial charge in [-0.3, -0.25) is 4.79 Å². The van der Waals surface area contributed by atoms with Crippen LogP contribution in [0.15, 0.2) is 48.5 Å². The maximum absolute atomic E-state index is 13.2. The number of carbonyl (C=O) groups excluding carboxylic acids is 1. The molecule has 0 radical (unpaired) electrons. The highest BCUT2D eigenvalue weighted by atomic mass is 16.2. The molecular formula is C24H32N4O. The van der Waals surface area contributed by atoms with Gasteiger partial charge >= 0.3 is 0 Å². The van der Waals surface area contributed by atoms with E-state index in [-0.39, 0.29) is 11.8 Å². The zero-order chi connectivity index (χ0) is 21.1. The fourth-order valence-electron chi connectivity index (χ4n) is 3.83. The van der Waals surface area contributed by atoms with Gasteiger partial charge in [0.2, 0.25) is 5.91 Å². The van der Waals surface area contributed by atoms with E-state index < -0.39 is 0 Å². The summed E-state index contributed by atoms with van der Waals surface area (Å²) in [6.45, 7) is 9.52. The first-order valence-corrected chi connectivity index (χ1v) is 10.3. The molecule has 29 heavy (non-hydrogen) atoms. The van der Waals surface area contributed by atoms with E-state index in [1.54, 1.807) is 5.01 Å². The van der Waals surface area contributed by atoms with Crippen molar-refractivity contribution in [2.45, 2.75) is 40.7 Å². The van der Waals surface area contributed by atoms with Crippen molar-refractivity contribution in [1.82, 2.24) is 5.01 Å². The molecule has 0 aromatic heterocycles. The van der Waals surface area contributed by atoms with E-state index in [0.29, 0.717) is 31.1 Å². The molecule has 5 heteroatoms.